The quantitative estimate of drug-likeness (QED) is 0.724. The van der Waals surface area contributed by atoms with Gasteiger partial charge in [-0.3, -0.25) is 4.79 Å². The summed E-state index contributed by atoms with van der Waals surface area (Å²) in [7, 11) is 0. The summed E-state index contributed by atoms with van der Waals surface area (Å²) in [4.78, 5) is 30.0. The Balaban J connectivity index is 1.37. The molecule has 29 heavy (non-hydrogen) atoms. The molecule has 1 aliphatic heterocycles. The van der Waals surface area contributed by atoms with Crippen LogP contribution in [0, 0.1) is 0 Å². The molecule has 1 aliphatic rings. The summed E-state index contributed by atoms with van der Waals surface area (Å²) in [6.45, 7) is 5.48. The molecule has 0 saturated carbocycles. The van der Waals surface area contributed by atoms with Gasteiger partial charge in [-0.15, -0.1) is 0 Å². The largest absolute Gasteiger partial charge is 0.367 e. The molecule has 1 amide bonds. The molecule has 1 N–H and O–H groups in total. The van der Waals surface area contributed by atoms with Crippen LogP contribution in [0.5, 0.6) is 0 Å². The number of piperazine rings is 1. The van der Waals surface area contributed by atoms with Crippen LogP contribution in [0.4, 0.5) is 17.3 Å². The maximum absolute atomic E-state index is 12.6. The van der Waals surface area contributed by atoms with Gasteiger partial charge >= 0.3 is 0 Å². The van der Waals surface area contributed by atoms with Gasteiger partial charge in [0.15, 0.2) is 0 Å². The lowest BCUT2D eigenvalue weighted by atomic mass is 10.1. The molecule has 1 fully saturated rings. The molecule has 3 heterocycles. The van der Waals surface area contributed by atoms with Crippen LogP contribution >= 0.6 is 0 Å². The number of aryl methyl sites for hydroxylation is 1. The van der Waals surface area contributed by atoms with Crippen LogP contribution in [0.1, 0.15) is 23.0 Å². The monoisotopic (exact) mass is 388 g/mol. The molecule has 7 nitrogen and oxygen atoms in total. The Labute approximate surface area is 170 Å². The van der Waals surface area contributed by atoms with Gasteiger partial charge in [0.2, 0.25) is 5.95 Å². The van der Waals surface area contributed by atoms with Crippen LogP contribution in [0.3, 0.4) is 0 Å². The van der Waals surface area contributed by atoms with Crippen molar-refractivity contribution < 1.29 is 4.79 Å². The molecule has 0 radical (unpaired) electrons. The third-order valence-corrected chi connectivity index (χ3v) is 5.11. The number of amides is 1. The van der Waals surface area contributed by atoms with E-state index in [1.807, 2.05) is 36.4 Å². The van der Waals surface area contributed by atoms with E-state index in [0.29, 0.717) is 5.69 Å². The second-order valence-corrected chi connectivity index (χ2v) is 6.89. The van der Waals surface area contributed by atoms with Gasteiger partial charge in [-0.05, 0) is 36.2 Å². The summed E-state index contributed by atoms with van der Waals surface area (Å²) in [5.41, 5.74) is 3.38. The van der Waals surface area contributed by atoms with Crippen molar-refractivity contribution in [1.29, 1.82) is 0 Å². The van der Waals surface area contributed by atoms with Gasteiger partial charge in [0, 0.05) is 44.3 Å². The highest BCUT2D eigenvalue weighted by molar-refractivity contribution is 6.03. The SMILES string of the molecule is CCc1ccccc1NC(=O)c1ccc(N2CCN(c3ncccn3)CC2)cn1. The zero-order valence-corrected chi connectivity index (χ0v) is 16.5. The molecule has 1 aromatic carbocycles. The fourth-order valence-corrected chi connectivity index (χ4v) is 3.46. The van der Waals surface area contributed by atoms with Gasteiger partial charge in [-0.1, -0.05) is 25.1 Å². The van der Waals surface area contributed by atoms with E-state index in [2.05, 4.69) is 37.0 Å². The second-order valence-electron chi connectivity index (χ2n) is 6.89. The highest BCUT2D eigenvalue weighted by Crippen LogP contribution is 2.19. The molecular weight excluding hydrogens is 364 g/mol. The van der Waals surface area contributed by atoms with E-state index < -0.39 is 0 Å². The number of hydrogen-bond acceptors (Lipinski definition) is 6. The number of rotatable bonds is 5. The van der Waals surface area contributed by atoms with Gasteiger partial charge in [0.05, 0.1) is 11.9 Å². The number of carbonyl (C=O) groups excluding carboxylic acids is 1. The molecule has 1 saturated heterocycles. The Morgan fingerprint density at radius 2 is 1.66 bits per heavy atom. The summed E-state index contributed by atoms with van der Waals surface area (Å²) in [6.07, 6.45) is 6.17. The van der Waals surface area contributed by atoms with Crippen molar-refractivity contribution in [1.82, 2.24) is 15.0 Å². The lowest BCUT2D eigenvalue weighted by Crippen LogP contribution is -2.47. The van der Waals surface area contributed by atoms with Crippen LogP contribution in [0.15, 0.2) is 61.1 Å². The van der Waals surface area contributed by atoms with Gasteiger partial charge < -0.3 is 15.1 Å². The van der Waals surface area contributed by atoms with E-state index in [1.165, 1.54) is 0 Å². The third-order valence-electron chi connectivity index (χ3n) is 5.11. The first-order valence-corrected chi connectivity index (χ1v) is 9.87. The average Bonchev–Trinajstić information content (AvgIpc) is 2.80. The molecule has 0 bridgehead atoms. The summed E-state index contributed by atoms with van der Waals surface area (Å²) >= 11 is 0. The topological polar surface area (TPSA) is 74.2 Å². The number of nitrogens with zero attached hydrogens (tertiary/aromatic N) is 5. The fraction of sp³-hybridized carbons (Fsp3) is 0.273. The van der Waals surface area contributed by atoms with Crippen molar-refractivity contribution in [3.8, 4) is 0 Å². The number of aromatic nitrogens is 3. The molecule has 0 unspecified atom stereocenters. The summed E-state index contributed by atoms with van der Waals surface area (Å²) in [5.74, 6) is 0.577. The summed E-state index contributed by atoms with van der Waals surface area (Å²) < 4.78 is 0. The first kappa shape index (κ1) is 18.9. The number of anilines is 3. The minimum Gasteiger partial charge on any atom is -0.367 e. The molecule has 3 aromatic rings. The fourth-order valence-electron chi connectivity index (χ4n) is 3.46. The molecule has 0 spiro atoms. The number of benzene rings is 1. The zero-order valence-electron chi connectivity index (χ0n) is 16.5. The van der Waals surface area contributed by atoms with Gasteiger partial charge in [-0.2, -0.15) is 0 Å². The summed E-state index contributed by atoms with van der Waals surface area (Å²) in [5, 5.41) is 2.97. The first-order chi connectivity index (χ1) is 14.2. The van der Waals surface area contributed by atoms with Gasteiger partial charge in [0.25, 0.3) is 5.91 Å². The van der Waals surface area contributed by atoms with Crippen LogP contribution in [-0.4, -0.2) is 47.0 Å². The molecular formula is C22H24N6O. The minimum atomic E-state index is -0.191. The van der Waals surface area contributed by atoms with E-state index in [1.54, 1.807) is 24.7 Å². The van der Waals surface area contributed by atoms with Gasteiger partial charge in [-0.25, -0.2) is 15.0 Å². The van der Waals surface area contributed by atoms with E-state index in [4.69, 9.17) is 0 Å². The molecule has 148 valence electrons. The van der Waals surface area contributed by atoms with Crippen LogP contribution < -0.4 is 15.1 Å². The molecule has 0 aliphatic carbocycles. The normalized spacial score (nSPS) is 14.0. The second kappa shape index (κ2) is 8.68. The molecule has 0 atom stereocenters. The smallest absolute Gasteiger partial charge is 0.274 e. The predicted molar refractivity (Wildman–Crippen MR) is 114 cm³/mol. The highest BCUT2D eigenvalue weighted by Gasteiger charge is 2.19. The van der Waals surface area contributed by atoms with E-state index in [0.717, 1.165) is 55.5 Å². The minimum absolute atomic E-state index is 0.191. The Morgan fingerprint density at radius 1 is 0.931 bits per heavy atom. The number of nitrogens with one attached hydrogen (secondary N) is 1. The maximum Gasteiger partial charge on any atom is 0.274 e. The number of hydrogen-bond donors (Lipinski definition) is 1. The van der Waals surface area contributed by atoms with Crippen LogP contribution in [-0.2, 0) is 6.42 Å². The Bertz CT molecular complexity index is 953. The first-order valence-electron chi connectivity index (χ1n) is 9.87. The Kier molecular flexibility index (Phi) is 5.65. The molecule has 7 heteroatoms. The van der Waals surface area contributed by atoms with E-state index in [-0.39, 0.29) is 5.91 Å². The maximum atomic E-state index is 12.6. The third kappa shape index (κ3) is 4.34. The summed E-state index contributed by atoms with van der Waals surface area (Å²) in [6, 6.07) is 13.4. The number of pyridine rings is 1. The van der Waals surface area contributed by atoms with Crippen molar-refractivity contribution in [3.63, 3.8) is 0 Å². The Hall–Kier alpha value is -3.48. The lowest BCUT2D eigenvalue weighted by Gasteiger charge is -2.35. The average molecular weight is 388 g/mol. The molecule has 2 aromatic heterocycles. The lowest BCUT2D eigenvalue weighted by molar-refractivity contribution is 0.102. The van der Waals surface area contributed by atoms with Crippen molar-refractivity contribution >= 4 is 23.2 Å². The van der Waals surface area contributed by atoms with Crippen molar-refractivity contribution in [2.24, 2.45) is 0 Å². The number of carbonyl (C=O) groups is 1. The predicted octanol–water partition coefficient (Wildman–Crippen LogP) is 3.01. The number of para-hydroxylation sites is 1. The molecule has 4 rings (SSSR count). The highest BCUT2D eigenvalue weighted by atomic mass is 16.1. The van der Waals surface area contributed by atoms with Crippen molar-refractivity contribution in [2.45, 2.75) is 13.3 Å². The van der Waals surface area contributed by atoms with Crippen LogP contribution in [0.2, 0.25) is 0 Å². The Morgan fingerprint density at radius 3 is 2.34 bits per heavy atom. The standard InChI is InChI=1S/C22H24N6O/c1-2-17-6-3-4-7-19(17)26-21(29)20-9-8-18(16-25-20)27-12-14-28(15-13-27)22-23-10-5-11-24-22/h3-11,16H,2,12-15H2,1H3,(H,26,29). The van der Waals surface area contributed by atoms with Crippen LogP contribution in [0.25, 0.3) is 0 Å². The van der Waals surface area contributed by atoms with Gasteiger partial charge in [0.1, 0.15) is 5.69 Å². The van der Waals surface area contributed by atoms with Crippen molar-refractivity contribution in [3.05, 3.63) is 72.3 Å². The van der Waals surface area contributed by atoms with Crippen molar-refractivity contribution in [2.75, 3.05) is 41.3 Å². The van der Waals surface area contributed by atoms with E-state index >= 15 is 0 Å². The van der Waals surface area contributed by atoms with E-state index in [9.17, 15) is 4.79 Å². The zero-order chi connectivity index (χ0) is 20.1.